The first-order valence-electron chi connectivity index (χ1n) is 5.11. The molecule has 0 radical (unpaired) electrons. The van der Waals surface area contributed by atoms with E-state index in [1.165, 1.54) is 0 Å². The van der Waals surface area contributed by atoms with E-state index >= 15 is 0 Å². The SMILES string of the molecule is CNc1c(I)cc(I)c(C(N)(CC=O)C(=O)O)c1I. The lowest BCUT2D eigenvalue weighted by Gasteiger charge is -2.27. The minimum atomic E-state index is -1.70. The average Bonchev–Trinajstić information content (AvgIpc) is 2.28. The predicted molar refractivity (Wildman–Crippen MR) is 98.3 cm³/mol. The van der Waals surface area contributed by atoms with Crippen LogP contribution >= 0.6 is 67.8 Å². The number of nitrogens with two attached hydrogens (primary N) is 1. The summed E-state index contributed by atoms with van der Waals surface area (Å²) in [5.41, 5.74) is 5.56. The number of nitrogens with one attached hydrogen (secondary N) is 1. The van der Waals surface area contributed by atoms with Gasteiger partial charge in [-0.25, -0.2) is 4.79 Å². The maximum Gasteiger partial charge on any atom is 0.328 e. The number of carboxylic acids is 1. The highest BCUT2D eigenvalue weighted by atomic mass is 127. The van der Waals surface area contributed by atoms with E-state index in [0.717, 1.165) is 16.4 Å². The molecule has 0 saturated carbocycles. The maximum atomic E-state index is 11.5. The zero-order valence-corrected chi connectivity index (χ0v) is 16.3. The Bertz CT molecular complexity index is 536. The Kier molecular flexibility index (Phi) is 6.26. The van der Waals surface area contributed by atoms with E-state index in [9.17, 15) is 14.7 Å². The Morgan fingerprint density at radius 3 is 2.47 bits per heavy atom. The van der Waals surface area contributed by atoms with Crippen molar-refractivity contribution < 1.29 is 14.7 Å². The molecule has 0 bridgehead atoms. The zero-order chi connectivity index (χ0) is 14.8. The molecule has 19 heavy (non-hydrogen) atoms. The van der Waals surface area contributed by atoms with Crippen molar-refractivity contribution in [3.8, 4) is 0 Å². The Morgan fingerprint density at radius 2 is 2.05 bits per heavy atom. The third-order valence-electron chi connectivity index (χ3n) is 2.65. The highest BCUT2D eigenvalue weighted by Crippen LogP contribution is 2.37. The van der Waals surface area contributed by atoms with Gasteiger partial charge in [0.2, 0.25) is 0 Å². The average molecular weight is 600 g/mol. The summed E-state index contributed by atoms with van der Waals surface area (Å²) in [5.74, 6) is -1.21. The van der Waals surface area contributed by atoms with Gasteiger partial charge in [-0.2, -0.15) is 0 Å². The van der Waals surface area contributed by atoms with Gasteiger partial charge in [0.25, 0.3) is 0 Å². The van der Waals surface area contributed by atoms with Crippen molar-refractivity contribution in [2.75, 3.05) is 12.4 Å². The van der Waals surface area contributed by atoms with Gasteiger partial charge in [0.1, 0.15) is 11.8 Å². The van der Waals surface area contributed by atoms with E-state index in [1.807, 2.05) is 28.7 Å². The fourth-order valence-corrected chi connectivity index (χ4v) is 6.53. The van der Waals surface area contributed by atoms with Gasteiger partial charge in [0.05, 0.1) is 5.69 Å². The Morgan fingerprint density at radius 1 is 1.47 bits per heavy atom. The number of hydrogen-bond acceptors (Lipinski definition) is 4. The summed E-state index contributed by atoms with van der Waals surface area (Å²) in [6.45, 7) is 0. The molecule has 0 aliphatic heterocycles. The van der Waals surface area contributed by atoms with E-state index in [2.05, 4.69) is 50.5 Å². The number of halogens is 3. The molecular weight excluding hydrogens is 589 g/mol. The molecule has 1 aromatic rings. The standard InChI is InChI=1S/C11H11I3N2O3/c1-16-9-6(13)4-5(12)7(8(9)14)11(15,2-3-17)10(18)19/h3-4,16H,2,15H2,1H3,(H,18,19). The fraction of sp³-hybridized carbons (Fsp3) is 0.273. The minimum Gasteiger partial charge on any atom is -0.480 e. The number of hydrogen-bond donors (Lipinski definition) is 3. The van der Waals surface area contributed by atoms with Gasteiger partial charge in [-0.3, -0.25) is 0 Å². The molecule has 1 atom stereocenters. The molecule has 4 N–H and O–H groups in total. The summed E-state index contributed by atoms with van der Waals surface area (Å²) in [4.78, 5) is 22.3. The number of carbonyl (C=O) groups excluding carboxylic acids is 1. The normalized spacial score (nSPS) is 13.7. The van der Waals surface area contributed by atoms with Crippen molar-refractivity contribution in [1.82, 2.24) is 0 Å². The second-order valence-electron chi connectivity index (χ2n) is 3.80. The van der Waals surface area contributed by atoms with Gasteiger partial charge < -0.3 is 21.0 Å². The quantitative estimate of drug-likeness (QED) is 0.357. The van der Waals surface area contributed by atoms with Crippen LogP contribution in [0.2, 0.25) is 0 Å². The van der Waals surface area contributed by atoms with Crippen LogP contribution < -0.4 is 11.1 Å². The van der Waals surface area contributed by atoms with Crippen LogP contribution in [0.3, 0.4) is 0 Å². The summed E-state index contributed by atoms with van der Waals surface area (Å²) in [5, 5.41) is 12.4. The number of rotatable bonds is 5. The molecule has 0 aliphatic carbocycles. The van der Waals surface area contributed by atoms with Gasteiger partial charge in [-0.1, -0.05) is 0 Å². The van der Waals surface area contributed by atoms with Crippen LogP contribution in [0.1, 0.15) is 12.0 Å². The molecule has 1 rings (SSSR count). The topological polar surface area (TPSA) is 92.4 Å². The molecule has 8 heteroatoms. The van der Waals surface area contributed by atoms with Crippen molar-refractivity contribution in [3.63, 3.8) is 0 Å². The van der Waals surface area contributed by atoms with E-state index < -0.39 is 11.5 Å². The molecule has 0 aromatic heterocycles. The number of aliphatic carboxylic acids is 1. The number of carboxylic acid groups (broad SMARTS) is 1. The van der Waals surface area contributed by atoms with Crippen molar-refractivity contribution in [3.05, 3.63) is 22.3 Å². The van der Waals surface area contributed by atoms with Crippen LogP contribution in [0, 0.1) is 10.7 Å². The molecule has 0 aliphatic rings. The lowest BCUT2D eigenvalue weighted by atomic mass is 9.88. The molecule has 0 amide bonds. The first-order chi connectivity index (χ1) is 8.79. The van der Waals surface area contributed by atoms with Gasteiger partial charge in [-0.15, -0.1) is 0 Å². The highest BCUT2D eigenvalue weighted by Gasteiger charge is 2.40. The number of anilines is 1. The van der Waals surface area contributed by atoms with Crippen LogP contribution in [0.15, 0.2) is 6.07 Å². The van der Waals surface area contributed by atoms with Gasteiger partial charge >= 0.3 is 5.97 Å². The summed E-state index contributed by atoms with van der Waals surface area (Å²) >= 11 is 6.27. The molecule has 0 spiro atoms. The summed E-state index contributed by atoms with van der Waals surface area (Å²) in [7, 11) is 1.76. The molecule has 5 nitrogen and oxygen atoms in total. The lowest BCUT2D eigenvalue weighted by Crippen LogP contribution is -2.46. The third kappa shape index (κ3) is 3.32. The zero-order valence-electron chi connectivity index (χ0n) is 9.84. The van der Waals surface area contributed by atoms with E-state index in [0.29, 0.717) is 11.8 Å². The van der Waals surface area contributed by atoms with Crippen LogP contribution in [-0.2, 0) is 15.1 Å². The number of carbonyl (C=O) groups is 2. The summed E-state index contributed by atoms with van der Waals surface area (Å²) < 4.78 is 2.43. The largest absolute Gasteiger partial charge is 0.480 e. The molecule has 1 aromatic carbocycles. The molecule has 0 heterocycles. The Hall–Kier alpha value is 0.310. The van der Waals surface area contributed by atoms with Crippen molar-refractivity contribution in [1.29, 1.82) is 0 Å². The molecule has 1 unspecified atom stereocenters. The highest BCUT2D eigenvalue weighted by molar-refractivity contribution is 14.1. The van der Waals surface area contributed by atoms with Gasteiger partial charge in [0, 0.05) is 29.7 Å². The number of benzene rings is 1. The second-order valence-corrected chi connectivity index (χ2v) is 7.20. The van der Waals surface area contributed by atoms with E-state index in [-0.39, 0.29) is 6.42 Å². The van der Waals surface area contributed by atoms with Crippen LogP contribution in [0.5, 0.6) is 0 Å². The summed E-state index contributed by atoms with van der Waals surface area (Å²) in [6, 6.07) is 1.85. The molecule has 104 valence electrons. The van der Waals surface area contributed by atoms with Gasteiger partial charge in [-0.05, 0) is 73.8 Å². The Labute approximate surface area is 151 Å². The second kappa shape index (κ2) is 6.85. The van der Waals surface area contributed by atoms with E-state index in [4.69, 9.17) is 5.73 Å². The Balaban J connectivity index is 3.65. The lowest BCUT2D eigenvalue weighted by molar-refractivity contribution is -0.145. The summed E-state index contributed by atoms with van der Waals surface area (Å²) in [6.07, 6.45) is 0.273. The number of aldehydes is 1. The van der Waals surface area contributed by atoms with Crippen molar-refractivity contribution >= 4 is 85.7 Å². The first kappa shape index (κ1) is 17.4. The van der Waals surface area contributed by atoms with Crippen LogP contribution in [0.4, 0.5) is 5.69 Å². The molecular formula is C11H11I3N2O3. The minimum absolute atomic E-state index is 0.266. The molecule has 0 saturated heterocycles. The van der Waals surface area contributed by atoms with Crippen molar-refractivity contribution in [2.24, 2.45) is 5.73 Å². The van der Waals surface area contributed by atoms with Gasteiger partial charge in [0.15, 0.2) is 0 Å². The smallest absolute Gasteiger partial charge is 0.328 e. The third-order valence-corrected chi connectivity index (χ3v) is 5.43. The monoisotopic (exact) mass is 600 g/mol. The fourth-order valence-electron chi connectivity index (χ4n) is 1.66. The first-order valence-corrected chi connectivity index (χ1v) is 8.34. The van der Waals surface area contributed by atoms with Crippen LogP contribution in [0.25, 0.3) is 0 Å². The van der Waals surface area contributed by atoms with Crippen molar-refractivity contribution in [2.45, 2.75) is 12.0 Å². The van der Waals surface area contributed by atoms with E-state index in [1.54, 1.807) is 7.05 Å². The molecule has 0 fully saturated rings. The predicted octanol–water partition coefficient (Wildman–Crippen LogP) is 2.37. The maximum absolute atomic E-state index is 11.5. The van der Waals surface area contributed by atoms with Crippen LogP contribution in [-0.4, -0.2) is 24.4 Å².